The number of aromatic amines is 1. The quantitative estimate of drug-likeness (QED) is 0.738. The number of amides is 2. The van der Waals surface area contributed by atoms with Crippen LogP contribution in [0.5, 0.6) is 0 Å². The van der Waals surface area contributed by atoms with Gasteiger partial charge in [-0.2, -0.15) is 0 Å². The molecule has 2 aliphatic rings. The van der Waals surface area contributed by atoms with Crippen LogP contribution in [-0.2, 0) is 4.74 Å². The van der Waals surface area contributed by atoms with Crippen molar-refractivity contribution in [1.29, 1.82) is 0 Å². The molecule has 3 N–H and O–H groups in total. The number of alkyl carbamates (subject to hydrolysis) is 1. The van der Waals surface area contributed by atoms with Gasteiger partial charge < -0.3 is 20.4 Å². The summed E-state index contributed by atoms with van der Waals surface area (Å²) in [5, 5.41) is 6.84. The maximum absolute atomic E-state index is 12.7. The van der Waals surface area contributed by atoms with Crippen LogP contribution in [0.2, 0.25) is 0 Å². The van der Waals surface area contributed by atoms with Crippen LogP contribution < -0.4 is 16.2 Å². The zero-order chi connectivity index (χ0) is 18.1. The van der Waals surface area contributed by atoms with E-state index in [-0.39, 0.29) is 29.7 Å². The second-order valence-corrected chi connectivity index (χ2v) is 6.70. The minimum Gasteiger partial charge on any atom is -0.443 e. The number of nitrogens with zero attached hydrogens (tertiary/aromatic N) is 1. The smallest absolute Gasteiger partial charge is 0.407 e. The number of benzene rings is 1. The number of fused-ring (bicyclic) bond motifs is 1. The predicted octanol–water partition coefficient (Wildman–Crippen LogP) is 0.441. The third-order valence-electron chi connectivity index (χ3n) is 4.87. The fourth-order valence-electron chi connectivity index (χ4n) is 3.60. The minimum absolute atomic E-state index is 0.0262. The van der Waals surface area contributed by atoms with Crippen molar-refractivity contribution in [2.75, 3.05) is 26.2 Å². The summed E-state index contributed by atoms with van der Waals surface area (Å²) >= 11 is 0. The average molecular weight is 356 g/mol. The molecule has 2 amide bonds. The predicted molar refractivity (Wildman–Crippen MR) is 95.2 cm³/mol. The summed E-state index contributed by atoms with van der Waals surface area (Å²) in [4.78, 5) is 40.5. The fraction of sp³-hybridized carbons (Fsp3) is 0.389. The SMILES string of the molecule is O=C1NCC(CN2CC[C@H](NC(=O)c3c[nH]c(=O)c4ccccc34)C2)O1. The van der Waals surface area contributed by atoms with E-state index in [4.69, 9.17) is 4.74 Å². The first-order valence-electron chi connectivity index (χ1n) is 8.68. The Morgan fingerprint density at radius 1 is 1.27 bits per heavy atom. The van der Waals surface area contributed by atoms with Gasteiger partial charge in [0.05, 0.1) is 12.1 Å². The van der Waals surface area contributed by atoms with Crippen molar-refractivity contribution in [3.8, 4) is 0 Å². The fourth-order valence-corrected chi connectivity index (χ4v) is 3.60. The number of rotatable bonds is 4. The molecule has 8 heteroatoms. The number of nitrogens with one attached hydrogen (secondary N) is 3. The van der Waals surface area contributed by atoms with Crippen molar-refractivity contribution in [3.63, 3.8) is 0 Å². The molecule has 0 bridgehead atoms. The highest BCUT2D eigenvalue weighted by atomic mass is 16.6. The number of ether oxygens (including phenoxy) is 1. The molecular weight excluding hydrogens is 336 g/mol. The van der Waals surface area contributed by atoms with Crippen LogP contribution in [0.3, 0.4) is 0 Å². The zero-order valence-electron chi connectivity index (χ0n) is 14.2. The summed E-state index contributed by atoms with van der Waals surface area (Å²) in [6.45, 7) is 2.73. The van der Waals surface area contributed by atoms with Crippen LogP contribution in [0.25, 0.3) is 10.8 Å². The van der Waals surface area contributed by atoms with Gasteiger partial charge in [0, 0.05) is 42.6 Å². The van der Waals surface area contributed by atoms with E-state index in [0.717, 1.165) is 13.0 Å². The van der Waals surface area contributed by atoms with E-state index in [0.29, 0.717) is 36.0 Å². The number of hydrogen-bond donors (Lipinski definition) is 3. The Morgan fingerprint density at radius 2 is 2.08 bits per heavy atom. The number of likely N-dealkylation sites (tertiary alicyclic amines) is 1. The molecule has 3 heterocycles. The summed E-state index contributed by atoms with van der Waals surface area (Å²) in [6, 6.07) is 7.10. The molecule has 136 valence electrons. The Hall–Kier alpha value is -2.87. The molecule has 1 unspecified atom stereocenters. The molecular formula is C18H20N4O4. The van der Waals surface area contributed by atoms with E-state index in [1.807, 2.05) is 6.07 Å². The van der Waals surface area contributed by atoms with Crippen LogP contribution in [0.1, 0.15) is 16.8 Å². The highest BCUT2D eigenvalue weighted by Gasteiger charge is 2.30. The summed E-state index contributed by atoms with van der Waals surface area (Å²) < 4.78 is 5.16. The maximum atomic E-state index is 12.7. The van der Waals surface area contributed by atoms with Crippen molar-refractivity contribution in [2.24, 2.45) is 0 Å². The van der Waals surface area contributed by atoms with Crippen LogP contribution >= 0.6 is 0 Å². The van der Waals surface area contributed by atoms with Gasteiger partial charge in [0.1, 0.15) is 6.10 Å². The first-order chi connectivity index (χ1) is 12.6. The maximum Gasteiger partial charge on any atom is 0.407 e. The van der Waals surface area contributed by atoms with E-state index in [9.17, 15) is 14.4 Å². The summed E-state index contributed by atoms with van der Waals surface area (Å²) in [5.41, 5.74) is 0.261. The van der Waals surface area contributed by atoms with Gasteiger partial charge in [0.25, 0.3) is 11.5 Å². The minimum atomic E-state index is -0.371. The van der Waals surface area contributed by atoms with Gasteiger partial charge >= 0.3 is 6.09 Å². The van der Waals surface area contributed by atoms with Crippen molar-refractivity contribution >= 4 is 22.8 Å². The van der Waals surface area contributed by atoms with Gasteiger partial charge in [0.15, 0.2) is 0 Å². The zero-order valence-corrected chi connectivity index (χ0v) is 14.2. The average Bonchev–Trinajstić information content (AvgIpc) is 3.24. The lowest BCUT2D eigenvalue weighted by molar-refractivity contribution is 0.0936. The summed E-state index contributed by atoms with van der Waals surface area (Å²) in [7, 11) is 0. The lowest BCUT2D eigenvalue weighted by atomic mass is 10.1. The van der Waals surface area contributed by atoms with Crippen LogP contribution in [0, 0.1) is 0 Å². The van der Waals surface area contributed by atoms with Crippen molar-refractivity contribution in [1.82, 2.24) is 20.5 Å². The normalized spacial score (nSPS) is 23.0. The second-order valence-electron chi connectivity index (χ2n) is 6.70. The number of H-pyrrole nitrogens is 1. The molecule has 26 heavy (non-hydrogen) atoms. The molecule has 0 radical (unpaired) electrons. The third-order valence-corrected chi connectivity index (χ3v) is 4.87. The Bertz CT molecular complexity index is 909. The molecule has 2 aromatic rings. The molecule has 8 nitrogen and oxygen atoms in total. The summed E-state index contributed by atoms with van der Waals surface area (Å²) in [6.07, 6.45) is 1.79. The van der Waals surface area contributed by atoms with Crippen molar-refractivity contribution in [2.45, 2.75) is 18.6 Å². The first-order valence-corrected chi connectivity index (χ1v) is 8.68. The van der Waals surface area contributed by atoms with E-state index in [2.05, 4.69) is 20.5 Å². The van der Waals surface area contributed by atoms with Crippen LogP contribution in [0.15, 0.2) is 35.3 Å². The molecule has 0 saturated carbocycles. The lowest BCUT2D eigenvalue weighted by Crippen LogP contribution is -2.39. The number of carbonyl (C=O) groups excluding carboxylic acids is 2. The van der Waals surface area contributed by atoms with Crippen LogP contribution in [0.4, 0.5) is 4.79 Å². The number of pyridine rings is 1. The van der Waals surface area contributed by atoms with Crippen molar-refractivity contribution in [3.05, 3.63) is 46.4 Å². The van der Waals surface area contributed by atoms with Gasteiger partial charge in [0.2, 0.25) is 0 Å². The molecule has 2 aliphatic heterocycles. The molecule has 2 atom stereocenters. The monoisotopic (exact) mass is 356 g/mol. The molecule has 2 fully saturated rings. The topological polar surface area (TPSA) is 104 Å². The standard InChI is InChI=1S/C18H20N4O4/c23-16-14-4-2-1-3-13(14)15(8-19-16)17(24)21-11-5-6-22(9-11)10-12-7-20-18(25)26-12/h1-4,8,11-12H,5-7,9-10H2,(H,19,23)(H,20,25)(H,21,24)/t11-,12?/m0/s1. The summed E-state index contributed by atoms with van der Waals surface area (Å²) in [5.74, 6) is -0.196. The third kappa shape index (κ3) is 3.28. The molecule has 2 saturated heterocycles. The van der Waals surface area contributed by atoms with Gasteiger partial charge in [-0.05, 0) is 12.5 Å². The van der Waals surface area contributed by atoms with Gasteiger partial charge in [-0.25, -0.2) is 4.79 Å². The molecule has 1 aromatic heterocycles. The first kappa shape index (κ1) is 16.6. The number of cyclic esters (lactones) is 1. The second kappa shape index (κ2) is 6.80. The number of aromatic nitrogens is 1. The van der Waals surface area contributed by atoms with Gasteiger partial charge in [-0.3, -0.25) is 14.5 Å². The Labute approximate surface area is 149 Å². The van der Waals surface area contributed by atoms with Gasteiger partial charge in [-0.15, -0.1) is 0 Å². The Morgan fingerprint density at radius 3 is 2.85 bits per heavy atom. The lowest BCUT2D eigenvalue weighted by Gasteiger charge is -2.19. The Kier molecular flexibility index (Phi) is 4.34. The highest BCUT2D eigenvalue weighted by molar-refractivity contribution is 6.06. The number of hydrogen-bond acceptors (Lipinski definition) is 5. The van der Waals surface area contributed by atoms with Gasteiger partial charge in [-0.1, -0.05) is 18.2 Å². The van der Waals surface area contributed by atoms with E-state index >= 15 is 0 Å². The largest absolute Gasteiger partial charge is 0.443 e. The van der Waals surface area contributed by atoms with Crippen molar-refractivity contribution < 1.29 is 14.3 Å². The highest BCUT2D eigenvalue weighted by Crippen LogP contribution is 2.16. The van der Waals surface area contributed by atoms with Crippen LogP contribution in [-0.4, -0.2) is 60.2 Å². The molecule has 0 spiro atoms. The van der Waals surface area contributed by atoms with E-state index < -0.39 is 0 Å². The van der Waals surface area contributed by atoms with E-state index in [1.165, 1.54) is 6.20 Å². The Balaban J connectivity index is 1.41. The van der Waals surface area contributed by atoms with E-state index in [1.54, 1.807) is 18.2 Å². The number of carbonyl (C=O) groups is 2. The molecule has 4 rings (SSSR count). The molecule has 0 aliphatic carbocycles. The molecule has 1 aromatic carbocycles.